The van der Waals surface area contributed by atoms with Gasteiger partial charge >= 0.3 is 182 Å². The summed E-state index contributed by atoms with van der Waals surface area (Å²) in [6, 6.07) is 0. The molecule has 0 aromatic carbocycles. The number of allylic oxidation sites excluding steroid dienone is 12. The summed E-state index contributed by atoms with van der Waals surface area (Å²) in [5.74, 6) is 0.447. The summed E-state index contributed by atoms with van der Waals surface area (Å²) < 4.78 is 1.37. The third-order valence-electron chi connectivity index (χ3n) is 5.88. The van der Waals surface area contributed by atoms with Crippen molar-refractivity contribution in [2.45, 2.75) is 59.5 Å². The van der Waals surface area contributed by atoms with Gasteiger partial charge in [-0.15, -0.1) is 0 Å². The third-order valence-corrected chi connectivity index (χ3v) is 14.1. The molecule has 4 heteroatoms. The van der Waals surface area contributed by atoms with E-state index in [1.54, 1.807) is 5.17 Å². The number of unbranched alkanes of at least 4 members (excludes halogenated alkanes) is 1. The van der Waals surface area contributed by atoms with Crippen LogP contribution in [0, 0.1) is 5.92 Å². The molecule has 0 radical (unpaired) electrons. The van der Waals surface area contributed by atoms with Gasteiger partial charge in [0.05, 0.1) is 0 Å². The summed E-state index contributed by atoms with van der Waals surface area (Å²) in [7, 11) is 13.1. The van der Waals surface area contributed by atoms with Crippen molar-refractivity contribution in [3.63, 3.8) is 0 Å². The van der Waals surface area contributed by atoms with E-state index in [0.29, 0.717) is 5.92 Å². The molecule has 0 aromatic rings. The average Bonchev–Trinajstić information content (AvgIpc) is 3.11. The Morgan fingerprint density at radius 3 is 2.52 bits per heavy atom. The fourth-order valence-corrected chi connectivity index (χ4v) is 12.8. The van der Waals surface area contributed by atoms with Crippen LogP contribution >= 0.6 is 17.2 Å². The molecular formula is C23H29Cl2HfSi. The van der Waals surface area contributed by atoms with E-state index in [9.17, 15) is 0 Å². The molecule has 0 saturated carbocycles. The Balaban J connectivity index is 2.30. The number of hydrogen-bond acceptors (Lipinski definition) is 0. The number of rotatable bonds is 5. The molecule has 0 amide bonds. The van der Waals surface area contributed by atoms with Crippen LogP contribution in [-0.4, -0.2) is 13.6 Å². The Morgan fingerprint density at radius 2 is 1.96 bits per heavy atom. The van der Waals surface area contributed by atoms with Crippen molar-refractivity contribution in [2.75, 3.05) is 0 Å². The van der Waals surface area contributed by atoms with Crippen LogP contribution in [0.4, 0.5) is 0 Å². The summed E-state index contributed by atoms with van der Waals surface area (Å²) in [5.41, 5.74) is 8.81. The molecule has 3 aliphatic carbocycles. The summed E-state index contributed by atoms with van der Waals surface area (Å²) >= 11 is -2.77. The SMILES string of the molecule is CCCCC1=[C]([Hf]([Cl])[Cl])C2=CC=CC(=[Si](C)C)C(C)C2=C1C1=C(C)C=CC1. The topological polar surface area (TPSA) is 0 Å². The second kappa shape index (κ2) is 9.20. The monoisotopic (exact) mass is 583 g/mol. The second-order valence-electron chi connectivity index (χ2n) is 7.89. The van der Waals surface area contributed by atoms with Gasteiger partial charge in [-0.3, -0.25) is 0 Å². The van der Waals surface area contributed by atoms with E-state index in [0.717, 1.165) is 12.8 Å². The minimum atomic E-state index is -2.77. The third kappa shape index (κ3) is 4.15. The molecule has 0 bridgehead atoms. The maximum absolute atomic E-state index is 6.78. The molecule has 143 valence electrons. The van der Waals surface area contributed by atoms with Crippen LogP contribution in [0.3, 0.4) is 0 Å². The van der Waals surface area contributed by atoms with Gasteiger partial charge in [-0.25, -0.2) is 0 Å². The van der Waals surface area contributed by atoms with Crippen LogP contribution in [0.25, 0.3) is 0 Å². The van der Waals surface area contributed by atoms with Gasteiger partial charge in [-0.1, -0.05) is 0 Å². The summed E-state index contributed by atoms with van der Waals surface area (Å²) in [6.07, 6.45) is 16.1. The Morgan fingerprint density at radius 1 is 1.22 bits per heavy atom. The van der Waals surface area contributed by atoms with Crippen molar-refractivity contribution in [2.24, 2.45) is 5.92 Å². The average molecular weight is 583 g/mol. The molecule has 1 atom stereocenters. The summed E-state index contributed by atoms with van der Waals surface area (Å²) in [4.78, 5) is 0. The Kier molecular flexibility index (Phi) is 7.38. The molecule has 3 aliphatic rings. The van der Waals surface area contributed by atoms with Gasteiger partial charge < -0.3 is 0 Å². The van der Waals surface area contributed by atoms with Crippen molar-refractivity contribution in [3.8, 4) is 0 Å². The van der Waals surface area contributed by atoms with Crippen molar-refractivity contribution in [1.29, 1.82) is 0 Å². The van der Waals surface area contributed by atoms with E-state index >= 15 is 0 Å². The summed E-state index contributed by atoms with van der Waals surface area (Å²) in [6.45, 7) is 11.7. The zero-order valence-electron chi connectivity index (χ0n) is 17.0. The standard InChI is InChI=1S/C23H29Si.2ClH.Hf/c1-6-7-11-19-15-18-12-9-14-21(24(4)5)17(3)22(18)23(19)20-13-8-10-16(20)2;;;/h8-10,12,14,17H,6-7,11,13H2,1-5H3;2*1H;/q;;;+2/p-2. The zero-order chi connectivity index (χ0) is 19.7. The quantitative estimate of drug-likeness (QED) is 0.293. The number of halogens is 2. The maximum atomic E-state index is 6.78. The molecule has 0 nitrogen and oxygen atoms in total. The first kappa shape index (κ1) is 21.7. The number of fused-ring (bicyclic) bond motifs is 1. The normalized spacial score (nSPS) is 22.0. The molecule has 0 heterocycles. The van der Waals surface area contributed by atoms with Crippen LogP contribution in [0.15, 0.2) is 67.1 Å². The van der Waals surface area contributed by atoms with E-state index in [4.69, 9.17) is 17.2 Å². The van der Waals surface area contributed by atoms with Gasteiger partial charge in [-0.2, -0.15) is 0 Å². The van der Waals surface area contributed by atoms with Crippen LogP contribution < -0.4 is 0 Å². The zero-order valence-corrected chi connectivity index (χ0v) is 23.2. The van der Waals surface area contributed by atoms with Gasteiger partial charge in [0.25, 0.3) is 0 Å². The van der Waals surface area contributed by atoms with E-state index < -0.39 is 27.5 Å². The first-order valence-corrected chi connectivity index (χ1v) is 23.2. The predicted molar refractivity (Wildman–Crippen MR) is 121 cm³/mol. The molecule has 0 aromatic heterocycles. The van der Waals surface area contributed by atoms with Crippen LogP contribution in [-0.2, 0) is 19.1 Å². The van der Waals surface area contributed by atoms with Crippen molar-refractivity contribution >= 4 is 30.7 Å². The summed E-state index contributed by atoms with van der Waals surface area (Å²) in [5, 5.41) is 1.61. The van der Waals surface area contributed by atoms with Crippen LogP contribution in [0.2, 0.25) is 13.1 Å². The van der Waals surface area contributed by atoms with Crippen molar-refractivity contribution in [1.82, 2.24) is 0 Å². The molecule has 0 spiro atoms. The molecule has 0 N–H and O–H groups in total. The van der Waals surface area contributed by atoms with E-state index in [1.165, 1.54) is 49.6 Å². The first-order valence-electron chi connectivity index (χ1n) is 9.97. The van der Waals surface area contributed by atoms with Crippen molar-refractivity contribution < 1.29 is 19.1 Å². The molecule has 1 unspecified atom stereocenters. The molecule has 0 saturated heterocycles. The first-order chi connectivity index (χ1) is 12.9. The number of hydrogen-bond donors (Lipinski definition) is 0. The van der Waals surface area contributed by atoms with E-state index in [2.05, 4.69) is 64.2 Å². The minimum absolute atomic E-state index is 0.447. The molecule has 0 fully saturated rings. The van der Waals surface area contributed by atoms with Gasteiger partial charge in [0, 0.05) is 0 Å². The van der Waals surface area contributed by atoms with Gasteiger partial charge in [-0.05, 0) is 0 Å². The van der Waals surface area contributed by atoms with Crippen molar-refractivity contribution in [3.05, 3.63) is 67.1 Å². The van der Waals surface area contributed by atoms with Gasteiger partial charge in [0.15, 0.2) is 0 Å². The van der Waals surface area contributed by atoms with Crippen LogP contribution in [0.1, 0.15) is 46.5 Å². The second-order valence-corrected chi connectivity index (χ2v) is 21.9. The van der Waals surface area contributed by atoms with E-state index in [-0.39, 0.29) is 0 Å². The predicted octanol–water partition coefficient (Wildman–Crippen LogP) is 7.58. The van der Waals surface area contributed by atoms with Crippen LogP contribution in [0.5, 0.6) is 0 Å². The fraction of sp³-hybridized carbons (Fsp3) is 0.435. The Labute approximate surface area is 181 Å². The fourth-order valence-electron chi connectivity index (χ4n) is 4.57. The van der Waals surface area contributed by atoms with Gasteiger partial charge in [0.1, 0.15) is 0 Å². The molecular weight excluding hydrogens is 554 g/mol. The molecule has 3 rings (SSSR count). The Hall–Kier alpha value is -0.0230. The molecule has 0 aliphatic heterocycles. The Bertz CT molecular complexity index is 859. The van der Waals surface area contributed by atoms with E-state index in [1.807, 2.05) is 0 Å². The van der Waals surface area contributed by atoms with Gasteiger partial charge in [0.2, 0.25) is 0 Å². The molecule has 27 heavy (non-hydrogen) atoms.